The number of nitrogens with one attached hydrogen (secondary N) is 1. The van der Waals surface area contributed by atoms with E-state index >= 15 is 0 Å². The molecule has 0 atom stereocenters. The number of sulfonamides is 1. The van der Waals surface area contributed by atoms with Gasteiger partial charge in [-0.15, -0.1) is 0 Å². The van der Waals surface area contributed by atoms with E-state index in [9.17, 15) is 12.8 Å². The highest BCUT2D eigenvalue weighted by Crippen LogP contribution is 2.23. The number of hydrogen-bond donors (Lipinski definition) is 2. The fourth-order valence-electron chi connectivity index (χ4n) is 1.47. The average molecular weight is 286 g/mol. The number of hydrogen-bond acceptors (Lipinski definition) is 6. The number of halogens is 1. The number of anilines is 2. The topological polar surface area (TPSA) is 111 Å². The van der Waals surface area contributed by atoms with Gasteiger partial charge in [-0.25, -0.2) is 17.5 Å². The first-order chi connectivity index (χ1) is 8.79. The molecule has 19 heavy (non-hydrogen) atoms. The van der Waals surface area contributed by atoms with Crippen molar-refractivity contribution < 1.29 is 17.3 Å². The molecule has 9 heteroatoms. The highest BCUT2D eigenvalue weighted by Gasteiger charge is 2.21. The van der Waals surface area contributed by atoms with E-state index in [1.807, 2.05) is 0 Å². The van der Waals surface area contributed by atoms with E-state index < -0.39 is 15.8 Å². The second-order valence-corrected chi connectivity index (χ2v) is 5.54. The Kier molecular flexibility index (Phi) is 3.14. The van der Waals surface area contributed by atoms with Crippen LogP contribution in [0.2, 0.25) is 0 Å². The Bertz CT molecular complexity index is 726. The van der Waals surface area contributed by atoms with Crippen molar-refractivity contribution in [2.24, 2.45) is 0 Å². The highest BCUT2D eigenvalue weighted by molar-refractivity contribution is 7.92. The van der Waals surface area contributed by atoms with Crippen LogP contribution in [0, 0.1) is 19.7 Å². The summed E-state index contributed by atoms with van der Waals surface area (Å²) in [5.74, 6) is -0.391. The Balaban J connectivity index is 2.42. The first kappa shape index (κ1) is 13.3. The summed E-state index contributed by atoms with van der Waals surface area (Å²) in [5, 5.41) is 3.45. The van der Waals surface area contributed by atoms with Crippen LogP contribution in [0.3, 0.4) is 0 Å². The van der Waals surface area contributed by atoms with E-state index in [0.29, 0.717) is 0 Å². The van der Waals surface area contributed by atoms with Crippen LogP contribution >= 0.6 is 0 Å². The average Bonchev–Trinajstić information content (AvgIpc) is 2.68. The highest BCUT2D eigenvalue weighted by atomic mass is 32.2. The normalized spacial score (nSPS) is 11.5. The lowest BCUT2D eigenvalue weighted by Crippen LogP contribution is -2.15. The summed E-state index contributed by atoms with van der Waals surface area (Å²) >= 11 is 0. The molecule has 0 spiro atoms. The minimum absolute atomic E-state index is 0.151. The van der Waals surface area contributed by atoms with Crippen molar-refractivity contribution in [2.75, 3.05) is 10.5 Å². The minimum atomic E-state index is -3.96. The van der Waals surface area contributed by atoms with Gasteiger partial charge in [0.25, 0.3) is 10.0 Å². The number of nitrogens with zero attached hydrogens (tertiary/aromatic N) is 2. The van der Waals surface area contributed by atoms with Gasteiger partial charge in [0.1, 0.15) is 5.82 Å². The molecular formula is C10H11FN4O3S. The molecule has 0 unspecified atom stereocenters. The molecule has 0 amide bonds. The maximum atomic E-state index is 13.2. The number of nitrogens with two attached hydrogens (primary N) is 1. The Morgan fingerprint density at radius 3 is 2.63 bits per heavy atom. The number of nitrogen functional groups attached to an aromatic ring is 1. The number of aromatic nitrogens is 2. The van der Waals surface area contributed by atoms with E-state index in [-0.39, 0.29) is 28.0 Å². The summed E-state index contributed by atoms with van der Waals surface area (Å²) in [4.78, 5) is 3.57. The fourth-order valence-corrected chi connectivity index (χ4v) is 2.65. The molecule has 0 aliphatic rings. The Morgan fingerprint density at radius 1 is 1.37 bits per heavy atom. The van der Waals surface area contributed by atoms with Crippen molar-refractivity contribution in [3.8, 4) is 0 Å². The molecule has 1 heterocycles. The smallest absolute Gasteiger partial charge is 0.335 e. The zero-order chi connectivity index (χ0) is 14.2. The van der Waals surface area contributed by atoms with Crippen LogP contribution in [0.25, 0.3) is 0 Å². The fraction of sp³-hybridized carbons (Fsp3) is 0.200. The van der Waals surface area contributed by atoms with Gasteiger partial charge >= 0.3 is 6.01 Å². The van der Waals surface area contributed by atoms with Crippen molar-refractivity contribution in [3.05, 3.63) is 29.3 Å². The molecule has 0 aliphatic heterocycles. The molecule has 0 saturated carbocycles. The second kappa shape index (κ2) is 4.50. The maximum absolute atomic E-state index is 13.2. The van der Waals surface area contributed by atoms with Crippen LogP contribution < -0.4 is 10.5 Å². The summed E-state index contributed by atoms with van der Waals surface area (Å²) in [5.41, 5.74) is 5.33. The SMILES string of the molecule is Cc1noc(NS(=O)(=O)c2cc(N)c(F)cc2C)n1. The third kappa shape index (κ3) is 2.65. The molecule has 2 aromatic rings. The summed E-state index contributed by atoms with van der Waals surface area (Å²) in [7, 11) is -3.96. The van der Waals surface area contributed by atoms with Gasteiger partial charge in [0.2, 0.25) is 0 Å². The number of benzene rings is 1. The summed E-state index contributed by atoms with van der Waals surface area (Å²) in [6.45, 7) is 3.00. The van der Waals surface area contributed by atoms with Gasteiger partial charge in [-0.1, -0.05) is 5.16 Å². The molecule has 3 N–H and O–H groups in total. The molecular weight excluding hydrogens is 275 g/mol. The van der Waals surface area contributed by atoms with Crippen LogP contribution in [0.4, 0.5) is 16.1 Å². The lowest BCUT2D eigenvalue weighted by Gasteiger charge is -2.08. The molecule has 0 saturated heterocycles. The molecule has 0 aliphatic carbocycles. The van der Waals surface area contributed by atoms with Crippen LogP contribution in [-0.4, -0.2) is 18.6 Å². The first-order valence-corrected chi connectivity index (χ1v) is 6.66. The zero-order valence-corrected chi connectivity index (χ0v) is 11.0. The monoisotopic (exact) mass is 286 g/mol. The lowest BCUT2D eigenvalue weighted by molar-refractivity contribution is 0.429. The summed E-state index contributed by atoms with van der Waals surface area (Å²) in [6, 6.07) is 1.82. The van der Waals surface area contributed by atoms with Crippen LogP contribution in [0.1, 0.15) is 11.4 Å². The van der Waals surface area contributed by atoms with Gasteiger partial charge in [-0.2, -0.15) is 4.98 Å². The summed E-state index contributed by atoms with van der Waals surface area (Å²) in [6.07, 6.45) is 0. The third-order valence-corrected chi connectivity index (χ3v) is 3.80. The predicted molar refractivity (Wildman–Crippen MR) is 65.4 cm³/mol. The molecule has 1 aromatic carbocycles. The minimum Gasteiger partial charge on any atom is -0.396 e. The van der Waals surface area contributed by atoms with Crippen molar-refractivity contribution >= 4 is 21.7 Å². The quantitative estimate of drug-likeness (QED) is 0.820. The van der Waals surface area contributed by atoms with Crippen LogP contribution in [0.5, 0.6) is 0 Å². The predicted octanol–water partition coefficient (Wildman–Crippen LogP) is 1.21. The van der Waals surface area contributed by atoms with Crippen molar-refractivity contribution in [1.29, 1.82) is 0 Å². The maximum Gasteiger partial charge on any atom is 0.335 e. The molecule has 0 radical (unpaired) electrons. The van der Waals surface area contributed by atoms with E-state index in [4.69, 9.17) is 5.73 Å². The van der Waals surface area contributed by atoms with Crippen LogP contribution in [0.15, 0.2) is 21.6 Å². The van der Waals surface area contributed by atoms with E-state index in [1.54, 1.807) is 6.92 Å². The van der Waals surface area contributed by atoms with Gasteiger partial charge in [-0.05, 0) is 31.5 Å². The third-order valence-electron chi connectivity index (χ3n) is 2.33. The van der Waals surface area contributed by atoms with Crippen LogP contribution in [-0.2, 0) is 10.0 Å². The number of rotatable bonds is 3. The van der Waals surface area contributed by atoms with E-state index in [0.717, 1.165) is 12.1 Å². The lowest BCUT2D eigenvalue weighted by atomic mass is 10.2. The molecule has 1 aromatic heterocycles. The summed E-state index contributed by atoms with van der Waals surface area (Å²) < 4.78 is 44.1. The van der Waals surface area contributed by atoms with Gasteiger partial charge in [-0.3, -0.25) is 0 Å². The molecule has 0 bridgehead atoms. The van der Waals surface area contributed by atoms with E-state index in [1.165, 1.54) is 6.92 Å². The largest absolute Gasteiger partial charge is 0.396 e. The van der Waals surface area contributed by atoms with Gasteiger partial charge in [0.15, 0.2) is 5.82 Å². The molecule has 102 valence electrons. The van der Waals surface area contributed by atoms with Crippen molar-refractivity contribution in [1.82, 2.24) is 10.1 Å². The standard InChI is InChI=1S/C10H11FN4O3S/c1-5-3-7(11)8(12)4-9(5)19(16,17)15-10-13-6(2)14-18-10/h3-4H,12H2,1-2H3,(H,13,14,15). The van der Waals surface area contributed by atoms with Gasteiger partial charge in [0, 0.05) is 0 Å². The second-order valence-electron chi connectivity index (χ2n) is 3.89. The number of aryl methyl sites for hydroxylation is 2. The zero-order valence-electron chi connectivity index (χ0n) is 10.1. The van der Waals surface area contributed by atoms with Crippen molar-refractivity contribution in [3.63, 3.8) is 0 Å². The van der Waals surface area contributed by atoms with Gasteiger partial charge in [0.05, 0.1) is 10.6 Å². The first-order valence-electron chi connectivity index (χ1n) is 5.18. The van der Waals surface area contributed by atoms with Gasteiger partial charge < -0.3 is 10.3 Å². The Labute approximate surface area is 108 Å². The molecule has 2 rings (SSSR count). The molecule has 0 fully saturated rings. The Morgan fingerprint density at radius 2 is 2.05 bits per heavy atom. The van der Waals surface area contributed by atoms with E-state index in [2.05, 4.69) is 19.4 Å². The molecule has 7 nitrogen and oxygen atoms in total. The van der Waals surface area contributed by atoms with Crippen molar-refractivity contribution in [2.45, 2.75) is 18.7 Å². The Hall–Kier alpha value is -2.16.